The van der Waals surface area contributed by atoms with Crippen LogP contribution in [0.2, 0.25) is 0 Å². The van der Waals surface area contributed by atoms with E-state index in [0.29, 0.717) is 12.0 Å². The second-order valence-corrected chi connectivity index (χ2v) is 8.80. The minimum atomic E-state index is -0.331. The van der Waals surface area contributed by atoms with Gasteiger partial charge in [0.1, 0.15) is 5.75 Å². The lowest BCUT2D eigenvalue weighted by Gasteiger charge is -2.34. The molecule has 1 aliphatic carbocycles. The van der Waals surface area contributed by atoms with E-state index in [1.807, 2.05) is 42.1 Å². The third kappa shape index (κ3) is 3.63. The summed E-state index contributed by atoms with van der Waals surface area (Å²) < 4.78 is 20.1. The Morgan fingerprint density at radius 2 is 1.74 bits per heavy atom. The molecule has 2 aliphatic rings. The van der Waals surface area contributed by atoms with Gasteiger partial charge in [0.2, 0.25) is 0 Å². The van der Waals surface area contributed by atoms with Gasteiger partial charge in [0, 0.05) is 6.20 Å². The zero-order valence-corrected chi connectivity index (χ0v) is 16.8. The molecule has 2 heterocycles. The second kappa shape index (κ2) is 6.64. The molecule has 7 heteroatoms. The SMILES string of the molecule is Cc1cn(C2CC(COc3ccc(B4OC(C)(C)C(C)(C)O4)cc3)C2)nn1. The first-order valence-electron chi connectivity index (χ1n) is 9.70. The molecule has 1 aromatic carbocycles. The molecule has 144 valence electrons. The zero-order chi connectivity index (χ0) is 19.2. The summed E-state index contributed by atoms with van der Waals surface area (Å²) in [4.78, 5) is 0. The fourth-order valence-corrected chi connectivity index (χ4v) is 3.51. The Balaban J connectivity index is 1.27. The maximum Gasteiger partial charge on any atom is 0.494 e. The minimum Gasteiger partial charge on any atom is -0.493 e. The molecule has 0 atom stereocenters. The Kier molecular flexibility index (Phi) is 4.55. The molecule has 1 saturated carbocycles. The summed E-state index contributed by atoms with van der Waals surface area (Å²) in [5.41, 5.74) is 1.34. The van der Waals surface area contributed by atoms with Crippen molar-refractivity contribution in [2.45, 2.75) is 64.7 Å². The van der Waals surface area contributed by atoms with Crippen LogP contribution in [0.4, 0.5) is 0 Å². The van der Waals surface area contributed by atoms with Crippen molar-refractivity contribution in [3.05, 3.63) is 36.2 Å². The molecule has 1 aliphatic heterocycles. The van der Waals surface area contributed by atoms with Crippen LogP contribution >= 0.6 is 0 Å². The highest BCUT2D eigenvalue weighted by atomic mass is 16.7. The van der Waals surface area contributed by atoms with Crippen molar-refractivity contribution >= 4 is 12.6 Å². The Morgan fingerprint density at radius 1 is 1.11 bits per heavy atom. The Morgan fingerprint density at radius 3 is 2.30 bits per heavy atom. The third-order valence-electron chi connectivity index (χ3n) is 6.10. The standard InChI is InChI=1S/C20H28BN3O3/c1-14-12-24(23-22-14)17-10-15(11-17)13-25-18-8-6-16(7-9-18)21-26-19(2,3)20(4,5)27-21/h6-9,12,15,17H,10-11,13H2,1-5H3. The van der Waals surface area contributed by atoms with Crippen LogP contribution in [0.25, 0.3) is 0 Å². The summed E-state index contributed by atoms with van der Waals surface area (Å²) in [6, 6.07) is 8.51. The van der Waals surface area contributed by atoms with Crippen LogP contribution in [0.3, 0.4) is 0 Å². The van der Waals surface area contributed by atoms with Crippen molar-refractivity contribution in [2.75, 3.05) is 6.61 Å². The van der Waals surface area contributed by atoms with Crippen molar-refractivity contribution in [1.82, 2.24) is 15.0 Å². The van der Waals surface area contributed by atoms with Gasteiger partial charge in [0.15, 0.2) is 0 Å². The van der Waals surface area contributed by atoms with Gasteiger partial charge in [0.05, 0.1) is 29.5 Å². The molecule has 0 bridgehead atoms. The number of benzene rings is 1. The number of nitrogens with zero attached hydrogens (tertiary/aromatic N) is 3. The summed E-state index contributed by atoms with van der Waals surface area (Å²) in [6.07, 6.45) is 4.19. The van der Waals surface area contributed by atoms with Gasteiger partial charge in [-0.05, 0) is 71.0 Å². The van der Waals surface area contributed by atoms with Crippen molar-refractivity contribution in [3.8, 4) is 5.75 Å². The predicted molar refractivity (Wildman–Crippen MR) is 104 cm³/mol. The number of ether oxygens (including phenoxy) is 1. The molecule has 2 fully saturated rings. The van der Waals surface area contributed by atoms with Gasteiger partial charge in [0.25, 0.3) is 0 Å². The molecular formula is C20H28BN3O3. The van der Waals surface area contributed by atoms with Gasteiger partial charge in [-0.3, -0.25) is 0 Å². The number of rotatable bonds is 5. The van der Waals surface area contributed by atoms with E-state index in [1.54, 1.807) is 0 Å². The highest BCUT2D eigenvalue weighted by molar-refractivity contribution is 6.62. The van der Waals surface area contributed by atoms with Crippen LogP contribution in [-0.4, -0.2) is 39.9 Å². The van der Waals surface area contributed by atoms with Crippen LogP contribution in [0.1, 0.15) is 52.3 Å². The van der Waals surface area contributed by atoms with Gasteiger partial charge in [-0.2, -0.15) is 0 Å². The first kappa shape index (κ1) is 18.5. The molecule has 1 saturated heterocycles. The fourth-order valence-electron chi connectivity index (χ4n) is 3.51. The molecule has 0 radical (unpaired) electrons. The van der Waals surface area contributed by atoms with E-state index < -0.39 is 0 Å². The van der Waals surface area contributed by atoms with E-state index in [1.165, 1.54) is 0 Å². The topological polar surface area (TPSA) is 58.4 Å². The highest BCUT2D eigenvalue weighted by Crippen LogP contribution is 2.38. The highest BCUT2D eigenvalue weighted by Gasteiger charge is 2.51. The van der Waals surface area contributed by atoms with Crippen molar-refractivity contribution < 1.29 is 14.0 Å². The number of hydrogen-bond acceptors (Lipinski definition) is 5. The number of aryl methyl sites for hydroxylation is 1. The quantitative estimate of drug-likeness (QED) is 0.759. The fraction of sp³-hybridized carbons (Fsp3) is 0.600. The van der Waals surface area contributed by atoms with Gasteiger partial charge in [-0.15, -0.1) is 5.10 Å². The Bertz CT molecular complexity index is 781. The monoisotopic (exact) mass is 369 g/mol. The summed E-state index contributed by atoms with van der Waals surface area (Å²) in [6.45, 7) is 11.0. The Labute approximate surface area is 161 Å². The molecule has 0 N–H and O–H groups in total. The van der Waals surface area contributed by atoms with Crippen molar-refractivity contribution in [1.29, 1.82) is 0 Å². The van der Waals surface area contributed by atoms with E-state index >= 15 is 0 Å². The lowest BCUT2D eigenvalue weighted by atomic mass is 9.79. The molecule has 0 unspecified atom stereocenters. The molecule has 27 heavy (non-hydrogen) atoms. The van der Waals surface area contributed by atoms with Crippen LogP contribution < -0.4 is 10.2 Å². The van der Waals surface area contributed by atoms with Gasteiger partial charge < -0.3 is 14.0 Å². The van der Waals surface area contributed by atoms with Crippen molar-refractivity contribution in [2.24, 2.45) is 5.92 Å². The lowest BCUT2D eigenvalue weighted by molar-refractivity contribution is 0.00578. The molecule has 1 aromatic heterocycles. The average molecular weight is 369 g/mol. The van der Waals surface area contributed by atoms with Crippen LogP contribution in [0, 0.1) is 12.8 Å². The first-order valence-corrected chi connectivity index (χ1v) is 9.70. The van der Waals surface area contributed by atoms with Gasteiger partial charge >= 0.3 is 7.12 Å². The molecule has 0 amide bonds. The largest absolute Gasteiger partial charge is 0.494 e. The molecule has 2 aromatic rings. The van der Waals surface area contributed by atoms with Crippen molar-refractivity contribution in [3.63, 3.8) is 0 Å². The predicted octanol–water partition coefficient (Wildman–Crippen LogP) is 2.92. The van der Waals surface area contributed by atoms with Gasteiger partial charge in [-0.1, -0.05) is 17.3 Å². The molecular weight excluding hydrogens is 341 g/mol. The van der Waals surface area contributed by atoms with E-state index in [-0.39, 0.29) is 18.3 Å². The Hall–Kier alpha value is -1.86. The van der Waals surface area contributed by atoms with E-state index in [2.05, 4.69) is 38.0 Å². The van der Waals surface area contributed by atoms with Crippen LogP contribution in [0.15, 0.2) is 30.5 Å². The second-order valence-electron chi connectivity index (χ2n) is 8.80. The van der Waals surface area contributed by atoms with Gasteiger partial charge in [-0.25, -0.2) is 4.68 Å². The summed E-state index contributed by atoms with van der Waals surface area (Å²) in [7, 11) is -0.331. The van der Waals surface area contributed by atoms with E-state index in [0.717, 1.165) is 36.4 Å². The third-order valence-corrected chi connectivity index (χ3v) is 6.10. The number of aromatic nitrogens is 3. The summed E-state index contributed by atoms with van der Waals surface area (Å²) in [5, 5.41) is 8.22. The number of hydrogen-bond donors (Lipinski definition) is 0. The molecule has 0 spiro atoms. The summed E-state index contributed by atoms with van der Waals surface area (Å²) >= 11 is 0. The zero-order valence-electron chi connectivity index (χ0n) is 16.8. The van der Waals surface area contributed by atoms with E-state index in [4.69, 9.17) is 14.0 Å². The molecule has 6 nitrogen and oxygen atoms in total. The van der Waals surface area contributed by atoms with Crippen LogP contribution in [0.5, 0.6) is 5.75 Å². The maximum absolute atomic E-state index is 6.09. The van der Waals surface area contributed by atoms with Crippen LogP contribution in [-0.2, 0) is 9.31 Å². The average Bonchev–Trinajstić information content (AvgIpc) is 3.07. The lowest BCUT2D eigenvalue weighted by Crippen LogP contribution is -2.41. The smallest absolute Gasteiger partial charge is 0.493 e. The minimum absolute atomic E-state index is 0.323. The molecule has 4 rings (SSSR count). The van der Waals surface area contributed by atoms with E-state index in [9.17, 15) is 0 Å². The summed E-state index contributed by atoms with van der Waals surface area (Å²) in [5.74, 6) is 1.46. The first-order chi connectivity index (χ1) is 12.7. The normalized spacial score (nSPS) is 26.0. The maximum atomic E-state index is 6.09.